The Hall–Kier alpha value is -4.62. The molecule has 1 aliphatic rings. The minimum Gasteiger partial charge on any atom is -0.479 e. The number of rotatable bonds is 47. The lowest BCUT2D eigenvalue weighted by Crippen LogP contribution is -2.61. The number of hydrogen-bond donors (Lipinski definition) is 3. The standard InChI is InChI=1S/C63H100O12/c1-4-7-10-13-16-19-22-25-26-27-28-29-30-33-34-37-40-43-46-49-55(64)71-52-54(73-56(65)50-47-44-41-38-35-31-23-20-17-14-11-8-5-2)53-72-63-61(59(68)58(67)60(75-63)62(69)70)74-57(66)51-48-45-42-39-36-32-24-21-18-15-12-9-6-3/h7,9-12,14,16,18-21,23,25-26,28-29,32,36,54,58-61,63,67-68H,4-6,8,13,15,17,22,24,27,30-31,33-35,37-53H2,1-3H3,(H,69,70)/b10-7-,12-9-,14-11-,19-16-,21-18-,23-20-,26-25-,29-28-,36-32-. The highest BCUT2D eigenvalue weighted by molar-refractivity contribution is 5.74. The van der Waals surface area contributed by atoms with Gasteiger partial charge in [0.05, 0.1) is 6.61 Å². The first-order valence-corrected chi connectivity index (χ1v) is 28.9. The largest absolute Gasteiger partial charge is 0.479 e. The molecule has 1 rings (SSSR count). The van der Waals surface area contributed by atoms with Crippen molar-refractivity contribution >= 4 is 23.9 Å². The minimum absolute atomic E-state index is 0.0169. The quantitative estimate of drug-likeness (QED) is 0.0228. The van der Waals surface area contributed by atoms with Gasteiger partial charge in [-0.05, 0) is 116 Å². The van der Waals surface area contributed by atoms with Crippen LogP contribution in [0.5, 0.6) is 0 Å². The molecule has 1 fully saturated rings. The third-order valence-corrected chi connectivity index (χ3v) is 12.3. The molecule has 0 aromatic carbocycles. The van der Waals surface area contributed by atoms with Gasteiger partial charge in [0.15, 0.2) is 24.6 Å². The second kappa shape index (κ2) is 50.2. The Bertz CT molecular complexity index is 1720. The van der Waals surface area contributed by atoms with Gasteiger partial charge >= 0.3 is 23.9 Å². The molecular weight excluding hydrogens is 949 g/mol. The fourth-order valence-corrected chi connectivity index (χ4v) is 7.94. The lowest BCUT2D eigenvalue weighted by Gasteiger charge is -2.40. The van der Waals surface area contributed by atoms with Gasteiger partial charge in [-0.15, -0.1) is 0 Å². The highest BCUT2D eigenvalue weighted by atomic mass is 16.7. The molecule has 0 radical (unpaired) electrons. The molecule has 12 nitrogen and oxygen atoms in total. The number of carbonyl (C=O) groups is 4. The molecule has 3 N–H and O–H groups in total. The first-order chi connectivity index (χ1) is 36.6. The summed E-state index contributed by atoms with van der Waals surface area (Å²) in [6, 6.07) is 0. The van der Waals surface area contributed by atoms with E-state index in [-0.39, 0.29) is 25.9 Å². The average Bonchev–Trinajstić information content (AvgIpc) is 3.39. The van der Waals surface area contributed by atoms with Crippen molar-refractivity contribution in [2.75, 3.05) is 13.2 Å². The normalized spacial score (nSPS) is 19.0. The zero-order valence-electron chi connectivity index (χ0n) is 46.5. The topological polar surface area (TPSA) is 175 Å². The smallest absolute Gasteiger partial charge is 0.335 e. The van der Waals surface area contributed by atoms with Gasteiger partial charge in [-0.3, -0.25) is 14.4 Å². The molecule has 1 heterocycles. The lowest BCUT2D eigenvalue weighted by molar-refractivity contribution is -0.301. The molecule has 0 bridgehead atoms. The maximum Gasteiger partial charge on any atom is 0.335 e. The van der Waals surface area contributed by atoms with E-state index in [1.807, 2.05) is 0 Å². The number of ether oxygens (including phenoxy) is 5. The van der Waals surface area contributed by atoms with Gasteiger partial charge in [-0.2, -0.15) is 0 Å². The van der Waals surface area contributed by atoms with Crippen LogP contribution in [0.25, 0.3) is 0 Å². The number of esters is 3. The predicted octanol–water partition coefficient (Wildman–Crippen LogP) is 14.7. The Morgan fingerprint density at radius 1 is 0.453 bits per heavy atom. The molecule has 424 valence electrons. The second-order valence-corrected chi connectivity index (χ2v) is 19.2. The molecule has 0 aromatic heterocycles. The molecule has 0 aliphatic carbocycles. The Morgan fingerprint density at radius 2 is 0.840 bits per heavy atom. The molecule has 0 spiro atoms. The molecular formula is C63H100O12. The number of aliphatic hydroxyl groups excluding tert-OH is 2. The Kier molecular flexibility index (Phi) is 45.8. The van der Waals surface area contributed by atoms with E-state index in [2.05, 4.69) is 130 Å². The molecule has 0 aromatic rings. The highest BCUT2D eigenvalue weighted by Crippen LogP contribution is 2.26. The number of carboxylic acid groups (broad SMARTS) is 1. The molecule has 6 atom stereocenters. The van der Waals surface area contributed by atoms with Crippen molar-refractivity contribution in [2.45, 2.75) is 250 Å². The maximum atomic E-state index is 13.1. The zero-order chi connectivity index (χ0) is 54.7. The molecule has 6 unspecified atom stereocenters. The van der Waals surface area contributed by atoms with Gasteiger partial charge < -0.3 is 39.0 Å². The highest BCUT2D eigenvalue weighted by Gasteiger charge is 2.50. The fraction of sp³-hybridized carbons (Fsp3) is 0.651. The van der Waals surface area contributed by atoms with E-state index in [1.54, 1.807) is 0 Å². The summed E-state index contributed by atoms with van der Waals surface area (Å²) < 4.78 is 28.3. The summed E-state index contributed by atoms with van der Waals surface area (Å²) in [6.07, 6.45) is 54.9. The number of carboxylic acids is 1. The summed E-state index contributed by atoms with van der Waals surface area (Å²) in [4.78, 5) is 51.1. The van der Waals surface area contributed by atoms with Crippen LogP contribution < -0.4 is 0 Å². The van der Waals surface area contributed by atoms with Crippen LogP contribution in [0.15, 0.2) is 109 Å². The van der Waals surface area contributed by atoms with Crippen LogP contribution in [0, 0.1) is 0 Å². The summed E-state index contributed by atoms with van der Waals surface area (Å²) in [6.45, 7) is 5.64. The third kappa shape index (κ3) is 40.3. The summed E-state index contributed by atoms with van der Waals surface area (Å²) in [5, 5.41) is 31.4. The summed E-state index contributed by atoms with van der Waals surface area (Å²) in [7, 11) is 0. The van der Waals surface area contributed by atoms with Gasteiger partial charge in [0.2, 0.25) is 0 Å². The van der Waals surface area contributed by atoms with Crippen LogP contribution >= 0.6 is 0 Å². The van der Waals surface area contributed by atoms with Crippen LogP contribution in [0.1, 0.15) is 213 Å². The van der Waals surface area contributed by atoms with Crippen LogP contribution in [-0.2, 0) is 42.9 Å². The van der Waals surface area contributed by atoms with Gasteiger partial charge in [-0.1, -0.05) is 188 Å². The molecule has 0 saturated carbocycles. The minimum atomic E-state index is -1.92. The van der Waals surface area contributed by atoms with Crippen LogP contribution in [0.4, 0.5) is 0 Å². The fourth-order valence-electron chi connectivity index (χ4n) is 7.94. The number of allylic oxidation sites excluding steroid dienone is 18. The van der Waals surface area contributed by atoms with Crippen molar-refractivity contribution in [1.82, 2.24) is 0 Å². The van der Waals surface area contributed by atoms with Crippen molar-refractivity contribution < 1.29 is 58.2 Å². The Balaban J connectivity index is 2.72. The SMILES string of the molecule is CC/C=C\C/C=C\C/C=C\C/C=C\CCCCCCCCC(=O)OCC(COC1OC(C(=O)O)C(O)C(O)C1OC(=O)CCCCC/C=C\C/C=C\C/C=C\CC)OC(=O)CCCCCCC/C=C\C/C=C\CCC. The second-order valence-electron chi connectivity index (χ2n) is 19.2. The van der Waals surface area contributed by atoms with Crippen molar-refractivity contribution in [2.24, 2.45) is 0 Å². The number of aliphatic hydroxyl groups is 2. The van der Waals surface area contributed by atoms with Crippen LogP contribution in [-0.4, -0.2) is 89.2 Å². The Labute approximate surface area is 453 Å². The molecule has 75 heavy (non-hydrogen) atoms. The van der Waals surface area contributed by atoms with E-state index < -0.39 is 67.3 Å². The first-order valence-electron chi connectivity index (χ1n) is 28.9. The van der Waals surface area contributed by atoms with Gasteiger partial charge in [0.25, 0.3) is 0 Å². The molecule has 0 amide bonds. The van der Waals surface area contributed by atoms with Crippen LogP contribution in [0.2, 0.25) is 0 Å². The van der Waals surface area contributed by atoms with E-state index in [0.29, 0.717) is 19.3 Å². The molecule has 1 saturated heterocycles. The van der Waals surface area contributed by atoms with Crippen molar-refractivity contribution in [3.63, 3.8) is 0 Å². The maximum absolute atomic E-state index is 13.1. The van der Waals surface area contributed by atoms with E-state index in [0.717, 1.165) is 154 Å². The summed E-state index contributed by atoms with van der Waals surface area (Å²) in [5.41, 5.74) is 0. The van der Waals surface area contributed by atoms with Gasteiger partial charge in [0, 0.05) is 19.3 Å². The van der Waals surface area contributed by atoms with E-state index in [4.69, 9.17) is 23.7 Å². The lowest BCUT2D eigenvalue weighted by atomic mass is 9.98. The van der Waals surface area contributed by atoms with Crippen molar-refractivity contribution in [3.05, 3.63) is 109 Å². The van der Waals surface area contributed by atoms with Crippen LogP contribution in [0.3, 0.4) is 0 Å². The summed E-state index contributed by atoms with van der Waals surface area (Å²) in [5.74, 6) is -3.21. The third-order valence-electron chi connectivity index (χ3n) is 12.3. The average molecular weight is 1050 g/mol. The zero-order valence-corrected chi connectivity index (χ0v) is 46.5. The first kappa shape index (κ1) is 68.4. The monoisotopic (exact) mass is 1050 g/mol. The Morgan fingerprint density at radius 3 is 1.29 bits per heavy atom. The van der Waals surface area contributed by atoms with Crippen molar-refractivity contribution in [1.29, 1.82) is 0 Å². The van der Waals surface area contributed by atoms with E-state index in [9.17, 15) is 34.5 Å². The number of carbonyl (C=O) groups excluding carboxylic acids is 3. The van der Waals surface area contributed by atoms with E-state index in [1.165, 1.54) is 0 Å². The van der Waals surface area contributed by atoms with E-state index >= 15 is 0 Å². The van der Waals surface area contributed by atoms with Gasteiger partial charge in [0.1, 0.15) is 18.8 Å². The molecule has 12 heteroatoms. The summed E-state index contributed by atoms with van der Waals surface area (Å²) >= 11 is 0. The van der Waals surface area contributed by atoms with Gasteiger partial charge in [-0.25, -0.2) is 4.79 Å². The predicted molar refractivity (Wildman–Crippen MR) is 303 cm³/mol. The number of unbranched alkanes of at least 4 members (excludes halogenated alkanes) is 15. The van der Waals surface area contributed by atoms with Crippen molar-refractivity contribution in [3.8, 4) is 0 Å². The number of hydrogen-bond acceptors (Lipinski definition) is 11. The number of aliphatic carboxylic acids is 1. The molecule has 1 aliphatic heterocycles.